The highest BCUT2D eigenvalue weighted by Crippen LogP contribution is 2.19. The Kier molecular flexibility index (Phi) is 9.70. The van der Waals surface area contributed by atoms with Gasteiger partial charge in [-0.05, 0) is 44.6 Å². The molecule has 0 amide bonds. The van der Waals surface area contributed by atoms with E-state index >= 15 is 0 Å². The molecule has 7 heteroatoms. The highest BCUT2D eigenvalue weighted by Gasteiger charge is 2.24. The number of hydrogen-bond donors (Lipinski definition) is 1. The van der Waals surface area contributed by atoms with Gasteiger partial charge in [-0.25, -0.2) is 4.98 Å². The number of pyridine rings is 1. The molecule has 1 aromatic heterocycles. The van der Waals surface area contributed by atoms with E-state index in [1.165, 1.54) is 12.8 Å². The number of ether oxygens (including phenoxy) is 3. The van der Waals surface area contributed by atoms with Crippen LogP contribution < -0.4 is 10.1 Å². The van der Waals surface area contributed by atoms with Gasteiger partial charge in [-0.1, -0.05) is 19.4 Å². The number of nitrogens with one attached hydrogen (secondary N) is 1. The minimum atomic E-state index is 0.291. The van der Waals surface area contributed by atoms with Crippen molar-refractivity contribution in [1.29, 1.82) is 0 Å². The summed E-state index contributed by atoms with van der Waals surface area (Å²) in [5.74, 6) is 1.64. The molecule has 168 valence electrons. The number of piperidine rings is 1. The molecular weight excluding hydrogens is 380 g/mol. The summed E-state index contributed by atoms with van der Waals surface area (Å²) < 4.78 is 17.8. The van der Waals surface area contributed by atoms with Crippen molar-refractivity contribution in [3.63, 3.8) is 0 Å². The van der Waals surface area contributed by atoms with Crippen molar-refractivity contribution in [2.45, 2.75) is 70.6 Å². The number of unbranched alkanes of at least 4 members (excludes halogenated alkanes) is 1. The van der Waals surface area contributed by atoms with Crippen molar-refractivity contribution in [1.82, 2.24) is 15.2 Å². The number of guanidine groups is 1. The summed E-state index contributed by atoms with van der Waals surface area (Å²) in [6.45, 7) is 7.03. The fraction of sp³-hybridized carbons (Fsp3) is 0.739. The molecule has 2 saturated heterocycles. The zero-order valence-corrected chi connectivity index (χ0v) is 18.6. The molecule has 1 unspecified atom stereocenters. The van der Waals surface area contributed by atoms with Crippen molar-refractivity contribution in [3.8, 4) is 5.88 Å². The molecule has 3 heterocycles. The average molecular weight is 419 g/mol. The third kappa shape index (κ3) is 7.13. The normalized spacial score (nSPS) is 20.9. The van der Waals surface area contributed by atoms with E-state index in [0.717, 1.165) is 69.9 Å². The van der Waals surface area contributed by atoms with Gasteiger partial charge in [0.1, 0.15) is 0 Å². The van der Waals surface area contributed by atoms with Gasteiger partial charge in [-0.3, -0.25) is 4.99 Å². The number of likely N-dealkylation sites (tertiary alicyclic amines) is 1. The van der Waals surface area contributed by atoms with Gasteiger partial charge < -0.3 is 24.4 Å². The quantitative estimate of drug-likeness (QED) is 0.377. The Labute approximate surface area is 181 Å². The van der Waals surface area contributed by atoms with Crippen LogP contribution in [0.4, 0.5) is 0 Å². The number of rotatable bonds is 9. The zero-order chi connectivity index (χ0) is 21.0. The van der Waals surface area contributed by atoms with Crippen LogP contribution in [0.15, 0.2) is 23.3 Å². The maximum absolute atomic E-state index is 6.14. The Morgan fingerprint density at radius 2 is 2.17 bits per heavy atom. The second-order valence-electron chi connectivity index (χ2n) is 8.08. The second-order valence-corrected chi connectivity index (χ2v) is 8.08. The predicted octanol–water partition coefficient (Wildman–Crippen LogP) is 3.39. The van der Waals surface area contributed by atoms with Crippen LogP contribution in [0.2, 0.25) is 0 Å². The van der Waals surface area contributed by atoms with Gasteiger partial charge in [-0.15, -0.1) is 0 Å². The molecule has 30 heavy (non-hydrogen) atoms. The monoisotopic (exact) mass is 418 g/mol. The fourth-order valence-corrected chi connectivity index (χ4v) is 3.92. The maximum atomic E-state index is 6.14. The molecule has 2 fully saturated rings. The predicted molar refractivity (Wildman–Crippen MR) is 119 cm³/mol. The van der Waals surface area contributed by atoms with E-state index in [0.29, 0.717) is 31.2 Å². The van der Waals surface area contributed by atoms with E-state index in [4.69, 9.17) is 14.2 Å². The fourth-order valence-electron chi connectivity index (χ4n) is 3.92. The minimum absolute atomic E-state index is 0.291. The van der Waals surface area contributed by atoms with Crippen molar-refractivity contribution in [2.24, 2.45) is 4.99 Å². The summed E-state index contributed by atoms with van der Waals surface area (Å²) in [6, 6.07) is 4.01. The molecule has 1 aromatic rings. The lowest BCUT2D eigenvalue weighted by Crippen LogP contribution is -2.47. The number of aliphatic imine (C=N–C) groups is 1. The van der Waals surface area contributed by atoms with Crippen LogP contribution >= 0.6 is 0 Å². The van der Waals surface area contributed by atoms with E-state index in [1.54, 1.807) is 6.20 Å². The van der Waals surface area contributed by atoms with E-state index in [2.05, 4.69) is 33.2 Å². The van der Waals surface area contributed by atoms with Crippen molar-refractivity contribution >= 4 is 5.96 Å². The second kappa shape index (κ2) is 12.7. The van der Waals surface area contributed by atoms with Crippen LogP contribution in [0.25, 0.3) is 0 Å². The Balaban J connectivity index is 1.42. The minimum Gasteiger partial charge on any atom is -0.477 e. The molecule has 0 aromatic carbocycles. The molecular formula is C23H38N4O3. The standard InChI is InChI=1S/C23H38N4O3/c1-3-4-15-29-22-19(8-7-12-25-22)17-26-23(24-2)27-13-10-20(11-14-27)30-18-21-9-5-6-16-28-21/h7-8,12,20-21H,3-6,9-11,13-18H2,1-2H3,(H,24,26). The summed E-state index contributed by atoms with van der Waals surface area (Å²) in [7, 11) is 1.84. The Morgan fingerprint density at radius 1 is 1.30 bits per heavy atom. The molecule has 2 aliphatic rings. The molecule has 2 aliphatic heterocycles. The SMILES string of the molecule is CCCCOc1ncccc1CNC(=NC)N1CCC(OCC2CCCCO2)CC1. The summed E-state index contributed by atoms with van der Waals surface area (Å²) in [5.41, 5.74) is 1.06. The summed E-state index contributed by atoms with van der Waals surface area (Å²) >= 11 is 0. The lowest BCUT2D eigenvalue weighted by Gasteiger charge is -2.35. The Morgan fingerprint density at radius 3 is 2.90 bits per heavy atom. The number of nitrogens with zero attached hydrogens (tertiary/aromatic N) is 3. The summed E-state index contributed by atoms with van der Waals surface area (Å²) in [6.07, 6.45) is 10.2. The van der Waals surface area contributed by atoms with E-state index in [9.17, 15) is 0 Å². The third-order valence-corrected chi connectivity index (χ3v) is 5.77. The Hall–Kier alpha value is -1.86. The highest BCUT2D eigenvalue weighted by atomic mass is 16.5. The molecule has 7 nitrogen and oxygen atoms in total. The number of hydrogen-bond acceptors (Lipinski definition) is 5. The average Bonchev–Trinajstić information content (AvgIpc) is 2.80. The van der Waals surface area contributed by atoms with Gasteiger partial charge in [0.15, 0.2) is 5.96 Å². The molecule has 1 N–H and O–H groups in total. The number of aromatic nitrogens is 1. The first-order valence-electron chi connectivity index (χ1n) is 11.6. The first kappa shape index (κ1) is 22.8. The van der Waals surface area contributed by atoms with Crippen molar-refractivity contribution < 1.29 is 14.2 Å². The molecule has 0 spiro atoms. The summed E-state index contributed by atoms with van der Waals surface area (Å²) in [4.78, 5) is 11.2. The topological polar surface area (TPSA) is 68.2 Å². The van der Waals surface area contributed by atoms with Gasteiger partial charge >= 0.3 is 0 Å². The molecule has 1 atom stereocenters. The van der Waals surface area contributed by atoms with Gasteiger partial charge in [0.05, 0.1) is 25.4 Å². The van der Waals surface area contributed by atoms with Crippen molar-refractivity contribution in [2.75, 3.05) is 40.0 Å². The lowest BCUT2D eigenvalue weighted by atomic mass is 10.1. The van der Waals surface area contributed by atoms with Gasteiger partial charge in [-0.2, -0.15) is 0 Å². The van der Waals surface area contributed by atoms with E-state index in [1.807, 2.05) is 13.1 Å². The molecule has 0 saturated carbocycles. The smallest absolute Gasteiger partial charge is 0.218 e. The lowest BCUT2D eigenvalue weighted by molar-refractivity contribution is -0.0721. The molecule has 0 aliphatic carbocycles. The maximum Gasteiger partial charge on any atom is 0.218 e. The molecule has 0 radical (unpaired) electrons. The molecule has 3 rings (SSSR count). The third-order valence-electron chi connectivity index (χ3n) is 5.77. The largest absolute Gasteiger partial charge is 0.477 e. The van der Waals surface area contributed by atoms with Crippen LogP contribution in [0.3, 0.4) is 0 Å². The van der Waals surface area contributed by atoms with E-state index < -0.39 is 0 Å². The Bertz CT molecular complexity index is 641. The van der Waals surface area contributed by atoms with E-state index in [-0.39, 0.29) is 0 Å². The first-order chi connectivity index (χ1) is 14.8. The van der Waals surface area contributed by atoms with Gasteiger partial charge in [0.2, 0.25) is 5.88 Å². The van der Waals surface area contributed by atoms with Crippen LogP contribution in [0.5, 0.6) is 5.88 Å². The highest BCUT2D eigenvalue weighted by molar-refractivity contribution is 5.80. The van der Waals surface area contributed by atoms with Crippen LogP contribution in [0.1, 0.15) is 57.4 Å². The van der Waals surface area contributed by atoms with Gasteiger partial charge in [0.25, 0.3) is 0 Å². The van der Waals surface area contributed by atoms with Gasteiger partial charge in [0, 0.05) is 45.0 Å². The van der Waals surface area contributed by atoms with Crippen LogP contribution in [0, 0.1) is 0 Å². The zero-order valence-electron chi connectivity index (χ0n) is 18.6. The van der Waals surface area contributed by atoms with Crippen LogP contribution in [-0.2, 0) is 16.0 Å². The summed E-state index contributed by atoms with van der Waals surface area (Å²) in [5, 5.41) is 3.48. The molecule has 0 bridgehead atoms. The first-order valence-corrected chi connectivity index (χ1v) is 11.6. The van der Waals surface area contributed by atoms with Crippen LogP contribution in [-0.4, -0.2) is 68.0 Å². The van der Waals surface area contributed by atoms with Crippen molar-refractivity contribution in [3.05, 3.63) is 23.9 Å².